The average molecular weight is 327 g/mol. The lowest BCUT2D eigenvalue weighted by Gasteiger charge is -2.23. The summed E-state index contributed by atoms with van der Waals surface area (Å²) in [5.41, 5.74) is 0.468. The normalized spacial score (nSPS) is 16.3. The number of nitrogens with one attached hydrogen (secondary N) is 1. The van der Waals surface area contributed by atoms with Crippen LogP contribution in [0.2, 0.25) is 5.02 Å². The van der Waals surface area contributed by atoms with Gasteiger partial charge in [0, 0.05) is 5.02 Å². The highest BCUT2D eigenvalue weighted by atomic mass is 35.5. The van der Waals surface area contributed by atoms with Crippen LogP contribution in [0.15, 0.2) is 53.0 Å². The van der Waals surface area contributed by atoms with Gasteiger partial charge in [-0.05, 0) is 42.7 Å². The summed E-state index contributed by atoms with van der Waals surface area (Å²) in [7, 11) is -3.97. The van der Waals surface area contributed by atoms with Gasteiger partial charge in [0.05, 0.1) is 16.9 Å². The minimum atomic E-state index is -3.97. The van der Waals surface area contributed by atoms with E-state index < -0.39 is 22.0 Å². The fourth-order valence-corrected chi connectivity index (χ4v) is 3.28. The zero-order valence-corrected chi connectivity index (χ0v) is 12.5. The number of halogens is 1. The maximum atomic E-state index is 12.2. The topological polar surface area (TPSA) is 86.3 Å². The first-order valence-corrected chi connectivity index (χ1v) is 8.09. The van der Waals surface area contributed by atoms with E-state index in [9.17, 15) is 18.3 Å². The Bertz CT molecular complexity index is 692. The molecule has 0 aromatic heterocycles. The van der Waals surface area contributed by atoms with Crippen LogP contribution in [0.5, 0.6) is 0 Å². The van der Waals surface area contributed by atoms with Gasteiger partial charge in [-0.25, -0.2) is 8.42 Å². The van der Waals surface area contributed by atoms with Crippen molar-refractivity contribution in [3.63, 3.8) is 0 Å². The summed E-state index contributed by atoms with van der Waals surface area (Å²) in [6.45, 7) is 0. The molecular weight excluding hydrogens is 314 g/mol. The van der Waals surface area contributed by atoms with E-state index in [-0.39, 0.29) is 4.90 Å². The molecule has 7 heteroatoms. The smallest absolute Gasteiger partial charge is 0.241 e. The van der Waals surface area contributed by atoms with E-state index in [4.69, 9.17) is 11.6 Å². The molecule has 1 N–H and O–H groups in total. The molecule has 0 bridgehead atoms. The van der Waals surface area contributed by atoms with Crippen molar-refractivity contribution in [2.75, 3.05) is 0 Å². The molecule has 0 radical (unpaired) electrons. The highest BCUT2D eigenvalue weighted by Gasteiger charge is 2.23. The van der Waals surface area contributed by atoms with E-state index in [1.807, 2.05) is 6.08 Å². The van der Waals surface area contributed by atoms with Gasteiger partial charge in [-0.1, -0.05) is 29.8 Å². The quantitative estimate of drug-likeness (QED) is 0.818. The Morgan fingerprint density at radius 3 is 2.43 bits per heavy atom. The number of allylic oxidation sites excluding steroid dienone is 3. The predicted molar refractivity (Wildman–Crippen MR) is 77.0 cm³/mol. The number of aliphatic carboxylic acids is 1. The van der Waals surface area contributed by atoms with Crippen molar-refractivity contribution in [1.82, 2.24) is 4.72 Å². The molecule has 0 unspecified atom stereocenters. The van der Waals surface area contributed by atoms with Gasteiger partial charge in [0.15, 0.2) is 0 Å². The van der Waals surface area contributed by atoms with E-state index in [2.05, 4.69) is 4.72 Å². The van der Waals surface area contributed by atoms with Crippen LogP contribution in [-0.2, 0) is 14.8 Å². The first-order chi connectivity index (χ1) is 9.90. The lowest BCUT2D eigenvalue weighted by Crippen LogP contribution is -2.49. The monoisotopic (exact) mass is 326 g/mol. The molecule has 0 heterocycles. The summed E-state index contributed by atoms with van der Waals surface area (Å²) in [4.78, 5) is 11.2. The van der Waals surface area contributed by atoms with Gasteiger partial charge in [0.25, 0.3) is 0 Å². The summed E-state index contributed by atoms with van der Waals surface area (Å²) < 4.78 is 26.6. The highest BCUT2D eigenvalue weighted by molar-refractivity contribution is 7.89. The molecule has 1 atom stereocenters. The van der Waals surface area contributed by atoms with Crippen molar-refractivity contribution in [3.05, 3.63) is 53.1 Å². The van der Waals surface area contributed by atoms with Crippen LogP contribution < -0.4 is 9.83 Å². The van der Waals surface area contributed by atoms with E-state index >= 15 is 0 Å². The Morgan fingerprint density at radius 1 is 1.24 bits per heavy atom. The maximum absolute atomic E-state index is 12.2. The second-order valence-corrected chi connectivity index (χ2v) is 6.67. The van der Waals surface area contributed by atoms with Gasteiger partial charge in [-0.3, -0.25) is 0 Å². The molecule has 21 heavy (non-hydrogen) atoms. The molecule has 5 nitrogen and oxygen atoms in total. The van der Waals surface area contributed by atoms with E-state index in [1.54, 1.807) is 12.2 Å². The molecule has 0 fully saturated rings. The second-order valence-electron chi connectivity index (χ2n) is 4.52. The average Bonchev–Trinajstić information content (AvgIpc) is 2.46. The molecule has 1 aliphatic carbocycles. The SMILES string of the molecule is O=C([O-])[C@H](NS(=O)(=O)c1ccc(Cl)cc1)C1=CCC=CC1. The largest absolute Gasteiger partial charge is 0.548 e. The summed E-state index contributed by atoms with van der Waals surface area (Å²) >= 11 is 5.70. The summed E-state index contributed by atoms with van der Waals surface area (Å²) in [6.07, 6.45) is 6.31. The Hall–Kier alpha value is -1.63. The molecule has 1 aliphatic rings. The van der Waals surface area contributed by atoms with Crippen LogP contribution >= 0.6 is 11.6 Å². The molecular formula is C14H13ClNO4S-. The Kier molecular flexibility index (Phi) is 4.82. The third-order valence-electron chi connectivity index (χ3n) is 3.04. The zero-order valence-electron chi connectivity index (χ0n) is 11.0. The van der Waals surface area contributed by atoms with Crippen molar-refractivity contribution >= 4 is 27.6 Å². The molecule has 1 aromatic rings. The molecule has 112 valence electrons. The summed E-state index contributed by atoms with van der Waals surface area (Å²) in [5.74, 6) is -1.48. The molecule has 2 rings (SSSR count). The van der Waals surface area contributed by atoms with Crippen LogP contribution in [0.1, 0.15) is 12.8 Å². The van der Waals surface area contributed by atoms with Crippen molar-refractivity contribution < 1.29 is 18.3 Å². The number of benzene rings is 1. The van der Waals surface area contributed by atoms with Crippen molar-refractivity contribution in [2.45, 2.75) is 23.8 Å². The maximum Gasteiger partial charge on any atom is 0.241 e. The number of hydrogen-bond acceptors (Lipinski definition) is 4. The van der Waals surface area contributed by atoms with E-state index in [1.165, 1.54) is 24.3 Å². The number of carbonyl (C=O) groups is 1. The fourth-order valence-electron chi connectivity index (χ4n) is 1.97. The number of carbonyl (C=O) groups excluding carboxylic acids is 1. The minimum absolute atomic E-state index is 0.0508. The van der Waals surface area contributed by atoms with Gasteiger partial charge in [-0.15, -0.1) is 0 Å². The van der Waals surface area contributed by atoms with Crippen molar-refractivity contribution in [2.24, 2.45) is 0 Å². The Morgan fingerprint density at radius 2 is 1.90 bits per heavy atom. The highest BCUT2D eigenvalue weighted by Crippen LogP contribution is 2.18. The number of sulfonamides is 1. The van der Waals surface area contributed by atoms with Gasteiger partial charge in [0.1, 0.15) is 0 Å². The lowest BCUT2D eigenvalue weighted by atomic mass is 9.99. The second kappa shape index (κ2) is 6.43. The van der Waals surface area contributed by atoms with Crippen molar-refractivity contribution in [1.29, 1.82) is 0 Å². The van der Waals surface area contributed by atoms with Crippen LogP contribution in [0.3, 0.4) is 0 Å². The van der Waals surface area contributed by atoms with Crippen LogP contribution in [-0.4, -0.2) is 20.4 Å². The molecule has 0 saturated heterocycles. The van der Waals surface area contributed by atoms with Gasteiger partial charge in [0.2, 0.25) is 10.0 Å². The summed E-state index contributed by atoms with van der Waals surface area (Å²) in [5, 5.41) is 11.6. The number of carboxylic acid groups (broad SMARTS) is 1. The minimum Gasteiger partial charge on any atom is -0.548 e. The van der Waals surface area contributed by atoms with Crippen LogP contribution in [0, 0.1) is 0 Å². The first kappa shape index (κ1) is 15.8. The molecule has 1 aromatic carbocycles. The third kappa shape index (κ3) is 3.93. The van der Waals surface area contributed by atoms with E-state index in [0.29, 0.717) is 23.4 Å². The summed E-state index contributed by atoms with van der Waals surface area (Å²) in [6, 6.07) is 4.09. The Balaban J connectivity index is 2.25. The Labute approximate surface area is 128 Å². The van der Waals surface area contributed by atoms with E-state index in [0.717, 1.165) is 0 Å². The molecule has 0 saturated carbocycles. The number of rotatable bonds is 5. The van der Waals surface area contributed by atoms with Crippen molar-refractivity contribution in [3.8, 4) is 0 Å². The number of carboxylic acids is 1. The fraction of sp³-hybridized carbons (Fsp3) is 0.214. The van der Waals surface area contributed by atoms with Crippen LogP contribution in [0.25, 0.3) is 0 Å². The van der Waals surface area contributed by atoms with Gasteiger partial charge >= 0.3 is 0 Å². The van der Waals surface area contributed by atoms with Crippen LogP contribution in [0.4, 0.5) is 0 Å². The number of hydrogen-bond donors (Lipinski definition) is 1. The van der Waals surface area contributed by atoms with Gasteiger partial charge in [-0.2, -0.15) is 4.72 Å². The zero-order chi connectivity index (χ0) is 15.5. The molecule has 0 spiro atoms. The lowest BCUT2D eigenvalue weighted by molar-refractivity contribution is -0.306. The third-order valence-corrected chi connectivity index (χ3v) is 4.73. The first-order valence-electron chi connectivity index (χ1n) is 6.23. The molecule has 0 amide bonds. The standard InChI is InChI=1S/C14H14ClNO4S/c15-11-6-8-12(9-7-11)21(19,20)16-13(14(17)18)10-4-2-1-3-5-10/h1-2,5-9,13,16H,3-4H2,(H,17,18)/p-1/t13-/m1/s1. The van der Waals surface area contributed by atoms with Gasteiger partial charge < -0.3 is 9.90 Å². The predicted octanol–water partition coefficient (Wildman–Crippen LogP) is 1.01. The molecule has 0 aliphatic heterocycles.